The second kappa shape index (κ2) is 3.39. The fourth-order valence-electron chi connectivity index (χ4n) is 1.22. The number of aliphatic carboxylic acids is 1. The van der Waals surface area contributed by atoms with Gasteiger partial charge in [0.1, 0.15) is 6.54 Å². The van der Waals surface area contributed by atoms with Crippen molar-refractivity contribution in [2.75, 3.05) is 0 Å². The number of aromatic nitrogens is 3. The van der Waals surface area contributed by atoms with Gasteiger partial charge in [0.25, 0.3) is 0 Å². The molecule has 0 aliphatic carbocycles. The molecule has 0 spiro atoms. The number of carboxylic acid groups (broad SMARTS) is 1. The zero-order valence-corrected chi connectivity index (χ0v) is 8.18. The standard InChI is InChI=1S/C8H6ClN3O3/c9-5-1-2-11-6(3-5)10-12(8(11)15)4-7(13)14/h1-3H,4H2,(H,13,14). The van der Waals surface area contributed by atoms with Crippen LogP contribution in [-0.2, 0) is 11.3 Å². The second-order valence-corrected chi connectivity index (χ2v) is 3.34. The highest BCUT2D eigenvalue weighted by molar-refractivity contribution is 6.30. The molecule has 0 aliphatic heterocycles. The molecule has 0 bridgehead atoms. The van der Waals surface area contributed by atoms with Gasteiger partial charge in [-0.3, -0.25) is 9.20 Å². The van der Waals surface area contributed by atoms with Gasteiger partial charge in [-0.05, 0) is 6.07 Å². The molecule has 2 heterocycles. The summed E-state index contributed by atoms with van der Waals surface area (Å²) < 4.78 is 2.10. The zero-order valence-electron chi connectivity index (χ0n) is 7.42. The number of hydrogen-bond donors (Lipinski definition) is 1. The highest BCUT2D eigenvalue weighted by atomic mass is 35.5. The topological polar surface area (TPSA) is 76.6 Å². The molecule has 0 aliphatic rings. The number of nitrogens with zero attached hydrogens (tertiary/aromatic N) is 3. The van der Waals surface area contributed by atoms with Crippen LogP contribution >= 0.6 is 11.6 Å². The molecule has 0 atom stereocenters. The minimum absolute atomic E-state index is 0.328. The maximum absolute atomic E-state index is 11.5. The fourth-order valence-corrected chi connectivity index (χ4v) is 1.38. The largest absolute Gasteiger partial charge is 0.480 e. The average molecular weight is 228 g/mol. The molecular weight excluding hydrogens is 222 g/mol. The molecule has 15 heavy (non-hydrogen) atoms. The molecule has 0 unspecified atom stereocenters. The number of rotatable bonds is 2. The Morgan fingerprint density at radius 3 is 3.00 bits per heavy atom. The molecule has 0 radical (unpaired) electrons. The Labute approximate surface area is 88.3 Å². The van der Waals surface area contributed by atoms with Crippen LogP contribution in [0.2, 0.25) is 5.02 Å². The van der Waals surface area contributed by atoms with Crippen molar-refractivity contribution in [3.05, 3.63) is 33.8 Å². The Hall–Kier alpha value is -1.82. The number of hydrogen-bond acceptors (Lipinski definition) is 3. The number of pyridine rings is 1. The van der Waals surface area contributed by atoms with E-state index in [-0.39, 0.29) is 0 Å². The highest BCUT2D eigenvalue weighted by Crippen LogP contribution is 2.08. The van der Waals surface area contributed by atoms with Gasteiger partial charge in [0.15, 0.2) is 5.65 Å². The van der Waals surface area contributed by atoms with E-state index in [9.17, 15) is 9.59 Å². The third-order valence-electron chi connectivity index (χ3n) is 1.83. The van der Waals surface area contributed by atoms with Gasteiger partial charge in [0.05, 0.1) is 0 Å². The summed E-state index contributed by atoms with van der Waals surface area (Å²) in [6.07, 6.45) is 1.45. The molecule has 0 saturated carbocycles. The Morgan fingerprint density at radius 1 is 1.60 bits per heavy atom. The van der Waals surface area contributed by atoms with Crippen LogP contribution in [0.5, 0.6) is 0 Å². The van der Waals surface area contributed by atoms with Crippen molar-refractivity contribution < 1.29 is 9.90 Å². The lowest BCUT2D eigenvalue weighted by Gasteiger charge is -1.89. The summed E-state index contributed by atoms with van der Waals surface area (Å²) in [6, 6.07) is 3.02. The van der Waals surface area contributed by atoms with Crippen LogP contribution in [0, 0.1) is 0 Å². The maximum atomic E-state index is 11.5. The summed E-state index contributed by atoms with van der Waals surface area (Å²) in [4.78, 5) is 22.0. The first-order chi connectivity index (χ1) is 7.08. The van der Waals surface area contributed by atoms with Crippen LogP contribution in [0.4, 0.5) is 0 Å². The van der Waals surface area contributed by atoms with Crippen molar-refractivity contribution in [3.63, 3.8) is 0 Å². The van der Waals surface area contributed by atoms with Crippen molar-refractivity contribution in [1.29, 1.82) is 0 Å². The molecule has 0 fully saturated rings. The summed E-state index contributed by atoms with van der Waals surface area (Å²) in [5, 5.41) is 12.8. The van der Waals surface area contributed by atoms with Crippen LogP contribution in [0.1, 0.15) is 0 Å². The minimum Gasteiger partial charge on any atom is -0.480 e. The zero-order chi connectivity index (χ0) is 11.0. The van der Waals surface area contributed by atoms with Crippen LogP contribution in [-0.4, -0.2) is 25.3 Å². The van der Waals surface area contributed by atoms with Crippen LogP contribution in [0.15, 0.2) is 23.1 Å². The van der Waals surface area contributed by atoms with Crippen LogP contribution in [0.25, 0.3) is 5.65 Å². The third-order valence-corrected chi connectivity index (χ3v) is 2.07. The molecule has 0 saturated heterocycles. The van der Waals surface area contributed by atoms with E-state index in [1.54, 1.807) is 0 Å². The van der Waals surface area contributed by atoms with E-state index < -0.39 is 18.2 Å². The average Bonchev–Trinajstić information content (AvgIpc) is 2.42. The first-order valence-corrected chi connectivity index (χ1v) is 4.42. The molecule has 2 rings (SSSR count). The van der Waals surface area contributed by atoms with E-state index in [0.717, 1.165) is 4.68 Å². The number of fused-ring (bicyclic) bond motifs is 1. The molecule has 2 aromatic heterocycles. The summed E-state index contributed by atoms with van der Waals surface area (Å²) in [5.74, 6) is -1.12. The molecule has 0 aromatic carbocycles. The Balaban J connectivity index is 2.64. The molecular formula is C8H6ClN3O3. The van der Waals surface area contributed by atoms with E-state index in [4.69, 9.17) is 16.7 Å². The predicted molar refractivity (Wildman–Crippen MR) is 52.1 cm³/mol. The van der Waals surface area contributed by atoms with Gasteiger partial charge in [0, 0.05) is 17.3 Å². The first kappa shape index (κ1) is 9.72. The van der Waals surface area contributed by atoms with E-state index >= 15 is 0 Å². The number of halogens is 1. The number of carbonyl (C=O) groups is 1. The molecule has 0 amide bonds. The fraction of sp³-hybridized carbons (Fsp3) is 0.125. The lowest BCUT2D eigenvalue weighted by atomic mass is 10.5. The Kier molecular flexibility index (Phi) is 2.20. The van der Waals surface area contributed by atoms with Crippen molar-refractivity contribution in [3.8, 4) is 0 Å². The van der Waals surface area contributed by atoms with Gasteiger partial charge in [-0.2, -0.15) is 0 Å². The predicted octanol–water partition coefficient (Wildman–Crippen LogP) is 0.234. The maximum Gasteiger partial charge on any atom is 0.350 e. The van der Waals surface area contributed by atoms with E-state index in [0.29, 0.717) is 10.7 Å². The SMILES string of the molecule is O=C(O)Cn1nc2cc(Cl)ccn2c1=O. The summed E-state index contributed by atoms with van der Waals surface area (Å²) in [7, 11) is 0. The Bertz CT molecular complexity index is 586. The second-order valence-electron chi connectivity index (χ2n) is 2.91. The molecule has 7 heteroatoms. The van der Waals surface area contributed by atoms with Crippen LogP contribution in [0.3, 0.4) is 0 Å². The van der Waals surface area contributed by atoms with E-state index in [2.05, 4.69) is 5.10 Å². The lowest BCUT2D eigenvalue weighted by Crippen LogP contribution is -2.24. The van der Waals surface area contributed by atoms with Crippen molar-refractivity contribution in [2.45, 2.75) is 6.54 Å². The molecule has 2 aromatic rings. The molecule has 1 N–H and O–H groups in total. The van der Waals surface area contributed by atoms with Gasteiger partial charge in [-0.1, -0.05) is 11.6 Å². The third kappa shape index (κ3) is 1.71. The lowest BCUT2D eigenvalue weighted by molar-refractivity contribution is -0.137. The van der Waals surface area contributed by atoms with Crippen molar-refractivity contribution in [1.82, 2.24) is 14.2 Å². The first-order valence-electron chi connectivity index (χ1n) is 4.04. The van der Waals surface area contributed by atoms with Gasteiger partial charge in [0.2, 0.25) is 0 Å². The van der Waals surface area contributed by atoms with Crippen LogP contribution < -0.4 is 5.69 Å². The normalized spacial score (nSPS) is 10.7. The minimum atomic E-state index is -1.12. The quantitative estimate of drug-likeness (QED) is 0.797. The Morgan fingerprint density at radius 2 is 2.33 bits per heavy atom. The summed E-state index contributed by atoms with van der Waals surface area (Å²) in [5.41, 5.74) is -0.169. The van der Waals surface area contributed by atoms with E-state index in [1.807, 2.05) is 0 Å². The summed E-state index contributed by atoms with van der Waals surface area (Å²) in [6.45, 7) is -0.460. The van der Waals surface area contributed by atoms with Gasteiger partial charge in [-0.15, -0.1) is 5.10 Å². The van der Waals surface area contributed by atoms with Gasteiger partial charge in [-0.25, -0.2) is 9.48 Å². The monoisotopic (exact) mass is 227 g/mol. The van der Waals surface area contributed by atoms with Crippen molar-refractivity contribution >= 4 is 23.2 Å². The van der Waals surface area contributed by atoms with Gasteiger partial charge < -0.3 is 5.11 Å². The molecule has 78 valence electrons. The van der Waals surface area contributed by atoms with Gasteiger partial charge >= 0.3 is 11.7 Å². The highest BCUT2D eigenvalue weighted by Gasteiger charge is 2.09. The number of carboxylic acids is 1. The van der Waals surface area contributed by atoms with Crippen molar-refractivity contribution in [2.24, 2.45) is 0 Å². The van der Waals surface area contributed by atoms with E-state index in [1.165, 1.54) is 22.7 Å². The smallest absolute Gasteiger partial charge is 0.350 e. The molecule has 6 nitrogen and oxygen atoms in total. The summed E-state index contributed by atoms with van der Waals surface area (Å²) >= 11 is 5.71.